The van der Waals surface area contributed by atoms with Crippen molar-refractivity contribution >= 4 is 5.91 Å². The van der Waals surface area contributed by atoms with Crippen LogP contribution in [0.3, 0.4) is 0 Å². The topological polar surface area (TPSA) is 50.4 Å². The normalized spacial score (nSPS) is 24.8. The molecule has 102 valence electrons. The number of para-hydroxylation sites is 1. The van der Waals surface area contributed by atoms with E-state index >= 15 is 0 Å². The highest BCUT2D eigenvalue weighted by molar-refractivity contribution is 5.82. The maximum Gasteiger partial charge on any atom is 0.261 e. The Morgan fingerprint density at radius 3 is 3.11 bits per heavy atom. The fourth-order valence-corrected chi connectivity index (χ4v) is 2.81. The SMILES string of the molecule is O=C(NCCC1CCCN1)C1Cc2ccccc2O1. The first-order chi connectivity index (χ1) is 9.33. The van der Waals surface area contributed by atoms with Crippen molar-refractivity contribution in [3.8, 4) is 5.75 Å². The number of nitrogens with one attached hydrogen (secondary N) is 2. The minimum atomic E-state index is -0.353. The Labute approximate surface area is 113 Å². The van der Waals surface area contributed by atoms with Crippen molar-refractivity contribution < 1.29 is 9.53 Å². The maximum absolute atomic E-state index is 12.0. The number of hydrogen-bond acceptors (Lipinski definition) is 3. The molecular weight excluding hydrogens is 240 g/mol. The zero-order valence-corrected chi connectivity index (χ0v) is 11.0. The third kappa shape index (κ3) is 2.89. The summed E-state index contributed by atoms with van der Waals surface area (Å²) >= 11 is 0. The van der Waals surface area contributed by atoms with E-state index in [1.165, 1.54) is 12.8 Å². The maximum atomic E-state index is 12.0. The fraction of sp³-hybridized carbons (Fsp3) is 0.533. The van der Waals surface area contributed by atoms with Gasteiger partial charge in [-0.3, -0.25) is 4.79 Å². The zero-order chi connectivity index (χ0) is 13.1. The molecule has 4 nitrogen and oxygen atoms in total. The average molecular weight is 260 g/mol. The van der Waals surface area contributed by atoms with E-state index in [0.717, 1.165) is 30.8 Å². The summed E-state index contributed by atoms with van der Waals surface area (Å²) in [6, 6.07) is 8.43. The quantitative estimate of drug-likeness (QED) is 0.856. The van der Waals surface area contributed by atoms with Crippen molar-refractivity contribution in [2.45, 2.75) is 37.8 Å². The molecule has 1 aromatic rings. The predicted octanol–water partition coefficient (Wildman–Crippen LogP) is 1.25. The summed E-state index contributed by atoms with van der Waals surface area (Å²) in [4.78, 5) is 12.0. The molecule has 2 N–H and O–H groups in total. The van der Waals surface area contributed by atoms with Gasteiger partial charge in [-0.1, -0.05) is 18.2 Å². The van der Waals surface area contributed by atoms with E-state index in [-0.39, 0.29) is 12.0 Å². The molecule has 1 fully saturated rings. The van der Waals surface area contributed by atoms with Crippen molar-refractivity contribution in [3.63, 3.8) is 0 Å². The van der Waals surface area contributed by atoms with Crippen LogP contribution >= 0.6 is 0 Å². The molecule has 0 spiro atoms. The third-order valence-electron chi connectivity index (χ3n) is 3.89. The Kier molecular flexibility index (Phi) is 3.69. The summed E-state index contributed by atoms with van der Waals surface area (Å²) in [5, 5.41) is 6.41. The molecule has 1 aromatic carbocycles. The Balaban J connectivity index is 1.44. The van der Waals surface area contributed by atoms with E-state index in [2.05, 4.69) is 10.6 Å². The Hall–Kier alpha value is -1.55. The van der Waals surface area contributed by atoms with Gasteiger partial charge in [-0.2, -0.15) is 0 Å². The lowest BCUT2D eigenvalue weighted by atomic mass is 10.1. The first-order valence-electron chi connectivity index (χ1n) is 7.08. The van der Waals surface area contributed by atoms with E-state index in [1.807, 2.05) is 24.3 Å². The van der Waals surface area contributed by atoms with Crippen LogP contribution in [0.5, 0.6) is 5.75 Å². The molecule has 1 amide bonds. The van der Waals surface area contributed by atoms with Gasteiger partial charge in [-0.05, 0) is 37.4 Å². The summed E-state index contributed by atoms with van der Waals surface area (Å²) < 4.78 is 5.66. The molecule has 1 saturated heterocycles. The van der Waals surface area contributed by atoms with Crippen LogP contribution in [0.2, 0.25) is 0 Å². The van der Waals surface area contributed by atoms with Crippen LogP contribution in [-0.2, 0) is 11.2 Å². The number of ether oxygens (including phenoxy) is 1. The Morgan fingerprint density at radius 1 is 1.42 bits per heavy atom. The van der Waals surface area contributed by atoms with E-state index < -0.39 is 0 Å². The van der Waals surface area contributed by atoms with Gasteiger partial charge in [0.05, 0.1) is 0 Å². The van der Waals surface area contributed by atoms with E-state index in [0.29, 0.717) is 12.5 Å². The molecule has 0 radical (unpaired) electrons. The molecule has 2 atom stereocenters. The van der Waals surface area contributed by atoms with Gasteiger partial charge < -0.3 is 15.4 Å². The lowest BCUT2D eigenvalue weighted by Crippen LogP contribution is -2.39. The summed E-state index contributed by atoms with van der Waals surface area (Å²) in [5.41, 5.74) is 1.13. The highest BCUT2D eigenvalue weighted by Crippen LogP contribution is 2.28. The minimum Gasteiger partial charge on any atom is -0.480 e. The third-order valence-corrected chi connectivity index (χ3v) is 3.89. The summed E-state index contributed by atoms with van der Waals surface area (Å²) in [5.74, 6) is 0.856. The van der Waals surface area contributed by atoms with Crippen molar-refractivity contribution in [2.75, 3.05) is 13.1 Å². The van der Waals surface area contributed by atoms with E-state index in [9.17, 15) is 4.79 Å². The summed E-state index contributed by atoms with van der Waals surface area (Å²) in [6.45, 7) is 1.84. The van der Waals surface area contributed by atoms with Crippen LogP contribution in [0.1, 0.15) is 24.8 Å². The first-order valence-corrected chi connectivity index (χ1v) is 7.08. The molecular formula is C15H20N2O2. The van der Waals surface area contributed by atoms with Gasteiger partial charge in [-0.15, -0.1) is 0 Å². The van der Waals surface area contributed by atoms with Crippen molar-refractivity contribution in [2.24, 2.45) is 0 Å². The summed E-state index contributed by atoms with van der Waals surface area (Å²) in [7, 11) is 0. The van der Waals surface area contributed by atoms with Gasteiger partial charge in [0.2, 0.25) is 0 Å². The smallest absolute Gasteiger partial charge is 0.261 e. The van der Waals surface area contributed by atoms with Crippen LogP contribution < -0.4 is 15.4 Å². The Bertz CT molecular complexity index is 430. The lowest BCUT2D eigenvalue weighted by Gasteiger charge is -2.13. The highest BCUT2D eigenvalue weighted by Gasteiger charge is 2.28. The standard InChI is InChI=1S/C15H20N2O2/c18-15(17-9-7-12-5-3-8-16-12)14-10-11-4-1-2-6-13(11)19-14/h1-2,4,6,12,14,16H,3,5,7-10H2,(H,17,18). The lowest BCUT2D eigenvalue weighted by molar-refractivity contribution is -0.127. The number of benzene rings is 1. The van der Waals surface area contributed by atoms with Crippen molar-refractivity contribution in [1.82, 2.24) is 10.6 Å². The molecule has 2 unspecified atom stereocenters. The van der Waals surface area contributed by atoms with Gasteiger partial charge in [0, 0.05) is 19.0 Å². The van der Waals surface area contributed by atoms with E-state index in [1.54, 1.807) is 0 Å². The molecule has 0 aromatic heterocycles. The van der Waals surface area contributed by atoms with Gasteiger partial charge in [0.1, 0.15) is 5.75 Å². The van der Waals surface area contributed by atoms with Gasteiger partial charge in [-0.25, -0.2) is 0 Å². The fourth-order valence-electron chi connectivity index (χ4n) is 2.81. The van der Waals surface area contributed by atoms with Crippen LogP contribution in [0.25, 0.3) is 0 Å². The predicted molar refractivity (Wildman–Crippen MR) is 73.2 cm³/mol. The monoisotopic (exact) mass is 260 g/mol. The number of carbonyl (C=O) groups is 1. The number of amides is 1. The molecule has 0 bridgehead atoms. The van der Waals surface area contributed by atoms with Crippen LogP contribution in [0, 0.1) is 0 Å². The Morgan fingerprint density at radius 2 is 2.32 bits per heavy atom. The van der Waals surface area contributed by atoms with E-state index in [4.69, 9.17) is 4.74 Å². The van der Waals surface area contributed by atoms with Gasteiger partial charge in [0.25, 0.3) is 5.91 Å². The molecule has 19 heavy (non-hydrogen) atoms. The number of carbonyl (C=O) groups excluding carboxylic acids is 1. The molecule has 2 aliphatic rings. The van der Waals surface area contributed by atoms with Crippen LogP contribution in [0.4, 0.5) is 0 Å². The highest BCUT2D eigenvalue weighted by atomic mass is 16.5. The van der Waals surface area contributed by atoms with Crippen LogP contribution in [0.15, 0.2) is 24.3 Å². The molecule has 2 aliphatic heterocycles. The molecule has 0 aliphatic carbocycles. The molecule has 4 heteroatoms. The number of fused-ring (bicyclic) bond motifs is 1. The average Bonchev–Trinajstić information content (AvgIpc) is 3.07. The first kappa shape index (κ1) is 12.5. The summed E-state index contributed by atoms with van der Waals surface area (Å²) in [6.07, 6.45) is 3.81. The second-order valence-electron chi connectivity index (χ2n) is 5.29. The number of hydrogen-bond donors (Lipinski definition) is 2. The van der Waals surface area contributed by atoms with Gasteiger partial charge in [0.15, 0.2) is 6.10 Å². The molecule has 0 saturated carbocycles. The largest absolute Gasteiger partial charge is 0.480 e. The van der Waals surface area contributed by atoms with Crippen LogP contribution in [-0.4, -0.2) is 31.1 Å². The number of rotatable bonds is 4. The zero-order valence-electron chi connectivity index (χ0n) is 11.0. The molecule has 3 rings (SSSR count). The van der Waals surface area contributed by atoms with Crippen molar-refractivity contribution in [3.05, 3.63) is 29.8 Å². The minimum absolute atomic E-state index is 0.00852. The second-order valence-corrected chi connectivity index (χ2v) is 5.29. The second kappa shape index (κ2) is 5.61. The van der Waals surface area contributed by atoms with Gasteiger partial charge >= 0.3 is 0 Å². The molecule has 2 heterocycles. The van der Waals surface area contributed by atoms with Crippen molar-refractivity contribution in [1.29, 1.82) is 0 Å².